The molecule has 0 spiro atoms. The molecule has 12 heavy (non-hydrogen) atoms. The van der Waals surface area contributed by atoms with E-state index in [0.717, 1.165) is 0 Å². The Hall–Kier alpha value is -0.610. The van der Waals surface area contributed by atoms with E-state index in [1.54, 1.807) is 6.92 Å². The third-order valence-electron chi connectivity index (χ3n) is 1.95. The van der Waals surface area contributed by atoms with Crippen LogP contribution in [0, 0.1) is 0 Å². The van der Waals surface area contributed by atoms with Gasteiger partial charge in [0.25, 0.3) is 0 Å². The predicted octanol–water partition coefficient (Wildman–Crippen LogP) is -0.338. The smallest absolute Gasteiger partial charge is 0.328 e. The fraction of sp³-hybridized carbons (Fsp3) is 0.875. The lowest BCUT2D eigenvalue weighted by Gasteiger charge is -2.41. The number of nitrogens with one attached hydrogen (secondary N) is 1. The average molecular weight is 173 g/mol. The summed E-state index contributed by atoms with van der Waals surface area (Å²) in [6, 6.07) is 0. The van der Waals surface area contributed by atoms with E-state index < -0.39 is 5.54 Å². The number of hydrogen-bond acceptors (Lipinski definition) is 4. The second kappa shape index (κ2) is 2.71. The first-order chi connectivity index (χ1) is 5.40. The molecule has 1 aliphatic heterocycles. The van der Waals surface area contributed by atoms with Gasteiger partial charge in [0.2, 0.25) is 0 Å². The maximum absolute atomic E-state index is 11.2. The summed E-state index contributed by atoms with van der Waals surface area (Å²) >= 11 is 0. The third kappa shape index (κ3) is 1.59. The molecule has 2 N–H and O–H groups in total. The Morgan fingerprint density at radius 2 is 2.17 bits per heavy atom. The van der Waals surface area contributed by atoms with Gasteiger partial charge in [0.1, 0.15) is 12.1 Å². The predicted molar refractivity (Wildman–Crippen MR) is 43.7 cm³/mol. The van der Waals surface area contributed by atoms with Crippen molar-refractivity contribution in [1.82, 2.24) is 5.32 Å². The number of carbonyl (C=O) groups excluding carboxylic acids is 1. The van der Waals surface area contributed by atoms with Crippen molar-refractivity contribution in [3.05, 3.63) is 0 Å². The Labute approximate surface area is 71.9 Å². The van der Waals surface area contributed by atoms with Crippen LogP contribution in [0.15, 0.2) is 0 Å². The summed E-state index contributed by atoms with van der Waals surface area (Å²) in [6.07, 6.45) is 0. The highest BCUT2D eigenvalue weighted by Gasteiger charge is 2.43. The van der Waals surface area contributed by atoms with Crippen LogP contribution in [0.4, 0.5) is 0 Å². The fourth-order valence-electron chi connectivity index (χ4n) is 1.34. The van der Waals surface area contributed by atoms with Crippen LogP contribution in [0.5, 0.6) is 0 Å². The van der Waals surface area contributed by atoms with Crippen LogP contribution in [-0.4, -0.2) is 35.4 Å². The number of esters is 1. The first-order valence-corrected chi connectivity index (χ1v) is 3.97. The molecule has 70 valence electrons. The molecule has 0 bridgehead atoms. The number of rotatable bonds is 1. The maximum atomic E-state index is 11.2. The zero-order chi connectivity index (χ0) is 9.41. The van der Waals surface area contributed by atoms with E-state index in [9.17, 15) is 4.79 Å². The summed E-state index contributed by atoms with van der Waals surface area (Å²) in [5.74, 6) is -0.385. The molecule has 1 saturated heterocycles. The molecule has 1 unspecified atom stereocenters. The van der Waals surface area contributed by atoms with Gasteiger partial charge in [-0.1, -0.05) is 0 Å². The summed E-state index contributed by atoms with van der Waals surface area (Å²) in [7, 11) is 0. The minimum Gasteiger partial charge on any atom is -0.462 e. The van der Waals surface area contributed by atoms with Crippen molar-refractivity contribution in [3.63, 3.8) is 0 Å². The Bertz CT molecular complexity index is 202. The van der Waals surface area contributed by atoms with Crippen LogP contribution in [0.3, 0.4) is 0 Å². The summed E-state index contributed by atoms with van der Waals surface area (Å²) in [5, 5.41) is 12.0. The molecule has 0 amide bonds. The Morgan fingerprint density at radius 3 is 2.58 bits per heavy atom. The van der Waals surface area contributed by atoms with Gasteiger partial charge in [-0.25, -0.2) is 4.79 Å². The van der Waals surface area contributed by atoms with Crippen LogP contribution in [-0.2, 0) is 9.53 Å². The monoisotopic (exact) mass is 173 g/mol. The quantitative estimate of drug-likeness (QED) is 0.533. The zero-order valence-electron chi connectivity index (χ0n) is 7.68. The number of aliphatic hydroxyl groups is 1. The first kappa shape index (κ1) is 9.48. The lowest BCUT2D eigenvalue weighted by molar-refractivity contribution is -0.163. The van der Waals surface area contributed by atoms with E-state index in [-0.39, 0.29) is 18.1 Å². The molecule has 0 radical (unpaired) electrons. The van der Waals surface area contributed by atoms with Crippen molar-refractivity contribution >= 4 is 5.97 Å². The highest BCUT2D eigenvalue weighted by atomic mass is 16.5. The number of carbonyl (C=O) groups is 1. The molecule has 4 nitrogen and oxygen atoms in total. The second-order valence-corrected chi connectivity index (χ2v) is 4.08. The molecular weight excluding hydrogens is 158 g/mol. The van der Waals surface area contributed by atoms with E-state index in [1.807, 2.05) is 13.8 Å². The number of hydrogen-bond donors (Lipinski definition) is 2. The second-order valence-electron chi connectivity index (χ2n) is 4.08. The van der Waals surface area contributed by atoms with Gasteiger partial charge in [-0.3, -0.25) is 5.32 Å². The summed E-state index contributed by atoms with van der Waals surface area (Å²) in [4.78, 5) is 11.2. The van der Waals surface area contributed by atoms with Crippen molar-refractivity contribution in [3.8, 4) is 0 Å². The number of ether oxygens (including phenoxy) is 1. The molecule has 4 heteroatoms. The fourth-order valence-corrected chi connectivity index (χ4v) is 1.34. The van der Waals surface area contributed by atoms with Gasteiger partial charge >= 0.3 is 5.97 Å². The van der Waals surface area contributed by atoms with Crippen molar-refractivity contribution < 1.29 is 14.6 Å². The maximum Gasteiger partial charge on any atom is 0.328 e. The summed E-state index contributed by atoms with van der Waals surface area (Å²) < 4.78 is 4.94. The molecule has 1 heterocycles. The van der Waals surface area contributed by atoms with E-state index in [1.165, 1.54) is 0 Å². The minimum absolute atomic E-state index is 0.241. The van der Waals surface area contributed by atoms with Crippen molar-refractivity contribution in [1.29, 1.82) is 0 Å². The standard InChI is InChI=1S/C8H15NO3/c1-7(2)5-12-6(11)8(3,4-10)9-7/h9-10H,4-5H2,1-3H3. The first-order valence-electron chi connectivity index (χ1n) is 3.97. The van der Waals surface area contributed by atoms with Crippen molar-refractivity contribution in [2.75, 3.05) is 13.2 Å². The van der Waals surface area contributed by atoms with Gasteiger partial charge in [0.15, 0.2) is 0 Å². The minimum atomic E-state index is -0.943. The van der Waals surface area contributed by atoms with E-state index in [2.05, 4.69) is 5.32 Å². The van der Waals surface area contributed by atoms with Crippen molar-refractivity contribution in [2.24, 2.45) is 0 Å². The van der Waals surface area contributed by atoms with E-state index in [0.29, 0.717) is 6.61 Å². The molecule has 0 aromatic heterocycles. The molecule has 1 aliphatic rings. The van der Waals surface area contributed by atoms with E-state index in [4.69, 9.17) is 9.84 Å². The Kier molecular flexibility index (Phi) is 2.14. The van der Waals surface area contributed by atoms with Crippen LogP contribution in [0.25, 0.3) is 0 Å². The molecule has 0 aromatic carbocycles. The van der Waals surface area contributed by atoms with Crippen LogP contribution in [0.1, 0.15) is 20.8 Å². The normalized spacial score (nSPS) is 34.5. The number of morpholine rings is 1. The van der Waals surface area contributed by atoms with Gasteiger partial charge in [0, 0.05) is 5.54 Å². The molecular formula is C8H15NO3. The Morgan fingerprint density at radius 1 is 1.58 bits per heavy atom. The topological polar surface area (TPSA) is 58.6 Å². The molecule has 1 rings (SSSR count). The molecule has 0 saturated carbocycles. The van der Waals surface area contributed by atoms with Crippen LogP contribution < -0.4 is 5.32 Å². The van der Waals surface area contributed by atoms with Gasteiger partial charge < -0.3 is 9.84 Å². The van der Waals surface area contributed by atoms with Gasteiger partial charge in [-0.15, -0.1) is 0 Å². The SMILES string of the molecule is CC1(C)COC(=O)C(C)(CO)N1. The number of cyclic esters (lactones) is 1. The highest BCUT2D eigenvalue weighted by molar-refractivity contribution is 5.81. The largest absolute Gasteiger partial charge is 0.462 e. The highest BCUT2D eigenvalue weighted by Crippen LogP contribution is 2.19. The average Bonchev–Trinajstić information content (AvgIpc) is 1.97. The van der Waals surface area contributed by atoms with Crippen molar-refractivity contribution in [2.45, 2.75) is 31.8 Å². The summed E-state index contributed by atoms with van der Waals surface area (Å²) in [5.41, 5.74) is -1.20. The third-order valence-corrected chi connectivity index (χ3v) is 1.95. The van der Waals surface area contributed by atoms with Gasteiger partial charge in [-0.05, 0) is 20.8 Å². The number of aliphatic hydroxyl groups excluding tert-OH is 1. The van der Waals surface area contributed by atoms with Crippen LogP contribution >= 0.6 is 0 Å². The van der Waals surface area contributed by atoms with E-state index >= 15 is 0 Å². The molecule has 0 aliphatic carbocycles. The molecule has 1 fully saturated rings. The Balaban J connectivity index is 2.79. The summed E-state index contributed by atoms with van der Waals surface area (Å²) in [6.45, 7) is 5.59. The van der Waals surface area contributed by atoms with Gasteiger partial charge in [0.05, 0.1) is 6.61 Å². The lowest BCUT2D eigenvalue weighted by atomic mass is 9.94. The lowest BCUT2D eigenvalue weighted by Crippen LogP contribution is -2.66. The van der Waals surface area contributed by atoms with Gasteiger partial charge in [-0.2, -0.15) is 0 Å². The van der Waals surface area contributed by atoms with Crippen LogP contribution in [0.2, 0.25) is 0 Å². The molecule has 0 aromatic rings. The molecule has 1 atom stereocenters. The zero-order valence-corrected chi connectivity index (χ0v) is 7.68.